The molecule has 0 aromatic heterocycles. The number of thioether (sulfide) groups is 1. The Morgan fingerprint density at radius 3 is 2.71 bits per heavy atom. The van der Waals surface area contributed by atoms with E-state index in [1.807, 2.05) is 31.2 Å². The van der Waals surface area contributed by atoms with Crippen molar-refractivity contribution in [3.05, 3.63) is 68.7 Å². The van der Waals surface area contributed by atoms with Gasteiger partial charge in [-0.1, -0.05) is 53.2 Å². The predicted molar refractivity (Wildman–Crippen MR) is 123 cm³/mol. The molecule has 1 atom stereocenters. The summed E-state index contributed by atoms with van der Waals surface area (Å²) in [6.07, 6.45) is 0.158. The van der Waals surface area contributed by atoms with Crippen molar-refractivity contribution >= 4 is 52.5 Å². The number of carbonyl (C=O) groups excluding carboxylic acids is 2. The standard InChI is InChI=1S/C22H19Cl2N3O3S/c1-2-30-14-8-6-13(7-9-14)15-10-19(28)27-22(16(15)11-25)31-12-20(29)26-18-5-3-4-17(23)21(18)24/h3-9,15H,2,10,12H2,1H3,(H,26,29)(H,27,28)/t15-/m1/s1. The monoisotopic (exact) mass is 475 g/mol. The first kappa shape index (κ1) is 23.0. The van der Waals surface area contributed by atoms with Gasteiger partial charge in [0.05, 0.1) is 44.8 Å². The third-order valence-electron chi connectivity index (χ3n) is 4.52. The van der Waals surface area contributed by atoms with Gasteiger partial charge in [-0.15, -0.1) is 0 Å². The number of hydrogen-bond donors (Lipinski definition) is 2. The van der Waals surface area contributed by atoms with E-state index in [0.29, 0.717) is 27.9 Å². The second-order valence-electron chi connectivity index (χ2n) is 6.60. The maximum absolute atomic E-state index is 12.4. The number of hydrogen-bond acceptors (Lipinski definition) is 5. The highest BCUT2D eigenvalue weighted by molar-refractivity contribution is 8.03. The van der Waals surface area contributed by atoms with Gasteiger partial charge in [0.1, 0.15) is 5.75 Å². The van der Waals surface area contributed by atoms with Crippen LogP contribution in [0.25, 0.3) is 0 Å². The molecule has 3 rings (SSSR count). The number of benzene rings is 2. The van der Waals surface area contributed by atoms with Gasteiger partial charge in [0, 0.05) is 12.3 Å². The van der Waals surface area contributed by atoms with Crippen LogP contribution in [0.1, 0.15) is 24.8 Å². The first-order valence-electron chi connectivity index (χ1n) is 9.46. The van der Waals surface area contributed by atoms with Crippen LogP contribution in [-0.2, 0) is 9.59 Å². The van der Waals surface area contributed by atoms with Gasteiger partial charge < -0.3 is 15.4 Å². The molecule has 2 aromatic rings. The predicted octanol–water partition coefficient (Wildman–Crippen LogP) is 5.10. The van der Waals surface area contributed by atoms with E-state index in [0.717, 1.165) is 23.1 Å². The van der Waals surface area contributed by atoms with Crippen LogP contribution in [0, 0.1) is 11.3 Å². The van der Waals surface area contributed by atoms with Gasteiger partial charge in [-0.25, -0.2) is 0 Å². The normalized spacial score (nSPS) is 15.8. The lowest BCUT2D eigenvalue weighted by molar-refractivity contribution is -0.121. The van der Waals surface area contributed by atoms with Crippen molar-refractivity contribution in [2.45, 2.75) is 19.3 Å². The first-order chi connectivity index (χ1) is 14.9. The number of halogens is 2. The van der Waals surface area contributed by atoms with Crippen molar-refractivity contribution in [1.82, 2.24) is 5.32 Å². The summed E-state index contributed by atoms with van der Waals surface area (Å²) in [6.45, 7) is 2.45. The smallest absolute Gasteiger partial charge is 0.234 e. The van der Waals surface area contributed by atoms with Crippen LogP contribution in [0.15, 0.2) is 53.1 Å². The largest absolute Gasteiger partial charge is 0.494 e. The quantitative estimate of drug-likeness (QED) is 0.580. The molecule has 0 saturated carbocycles. The van der Waals surface area contributed by atoms with Gasteiger partial charge in [-0.05, 0) is 36.8 Å². The highest BCUT2D eigenvalue weighted by Crippen LogP contribution is 2.36. The van der Waals surface area contributed by atoms with Crippen LogP contribution in [-0.4, -0.2) is 24.2 Å². The van der Waals surface area contributed by atoms with Crippen molar-refractivity contribution < 1.29 is 14.3 Å². The van der Waals surface area contributed by atoms with E-state index < -0.39 is 0 Å². The molecule has 2 amide bonds. The van der Waals surface area contributed by atoms with E-state index in [9.17, 15) is 14.9 Å². The zero-order chi connectivity index (χ0) is 22.4. The molecule has 6 nitrogen and oxygen atoms in total. The number of rotatable bonds is 7. The molecule has 0 radical (unpaired) electrons. The molecule has 31 heavy (non-hydrogen) atoms. The number of nitriles is 1. The number of nitrogens with one attached hydrogen (secondary N) is 2. The minimum absolute atomic E-state index is 0.0143. The molecule has 0 fully saturated rings. The Balaban J connectivity index is 1.75. The summed E-state index contributed by atoms with van der Waals surface area (Å²) in [4.78, 5) is 24.7. The van der Waals surface area contributed by atoms with Gasteiger partial charge in [-0.2, -0.15) is 5.26 Å². The van der Waals surface area contributed by atoms with Gasteiger partial charge in [0.25, 0.3) is 0 Å². The van der Waals surface area contributed by atoms with E-state index >= 15 is 0 Å². The Kier molecular flexibility index (Phi) is 7.85. The highest BCUT2D eigenvalue weighted by atomic mass is 35.5. The summed E-state index contributed by atoms with van der Waals surface area (Å²) >= 11 is 13.2. The number of allylic oxidation sites excluding steroid dienone is 1. The molecule has 1 aliphatic rings. The van der Waals surface area contributed by atoms with Crippen LogP contribution in [0.2, 0.25) is 10.0 Å². The summed E-state index contributed by atoms with van der Waals surface area (Å²) in [5.74, 6) is -0.225. The van der Waals surface area contributed by atoms with Gasteiger partial charge in [0.15, 0.2) is 0 Å². The molecule has 1 heterocycles. The van der Waals surface area contributed by atoms with Crippen molar-refractivity contribution in [3.8, 4) is 11.8 Å². The number of amides is 2. The average Bonchev–Trinajstić information content (AvgIpc) is 2.76. The van der Waals surface area contributed by atoms with E-state index in [-0.39, 0.29) is 34.9 Å². The fourth-order valence-electron chi connectivity index (χ4n) is 3.11. The molecule has 0 aliphatic carbocycles. The minimum atomic E-state index is -0.387. The van der Waals surface area contributed by atoms with E-state index in [1.54, 1.807) is 18.2 Å². The maximum atomic E-state index is 12.4. The lowest BCUT2D eigenvalue weighted by Crippen LogP contribution is -2.31. The number of anilines is 1. The molecule has 1 aliphatic heterocycles. The SMILES string of the molecule is CCOc1ccc([C@H]2CC(=O)NC(SCC(=O)Nc3cccc(Cl)c3Cl)=C2C#N)cc1. The van der Waals surface area contributed by atoms with Crippen LogP contribution in [0.3, 0.4) is 0 Å². The number of ether oxygens (including phenoxy) is 1. The Morgan fingerprint density at radius 1 is 1.29 bits per heavy atom. The Morgan fingerprint density at radius 2 is 2.03 bits per heavy atom. The van der Waals surface area contributed by atoms with E-state index in [4.69, 9.17) is 27.9 Å². The zero-order valence-electron chi connectivity index (χ0n) is 16.6. The van der Waals surface area contributed by atoms with Crippen LogP contribution in [0.4, 0.5) is 5.69 Å². The highest BCUT2D eigenvalue weighted by Gasteiger charge is 2.30. The van der Waals surface area contributed by atoms with Crippen molar-refractivity contribution in [1.29, 1.82) is 5.26 Å². The zero-order valence-corrected chi connectivity index (χ0v) is 18.9. The molecule has 0 bridgehead atoms. The van der Waals surface area contributed by atoms with Gasteiger partial charge in [0.2, 0.25) is 11.8 Å². The van der Waals surface area contributed by atoms with E-state index in [1.165, 1.54) is 0 Å². The van der Waals surface area contributed by atoms with Crippen molar-refractivity contribution in [2.75, 3.05) is 17.7 Å². The molecule has 9 heteroatoms. The topological polar surface area (TPSA) is 91.2 Å². The second kappa shape index (κ2) is 10.6. The minimum Gasteiger partial charge on any atom is -0.494 e. The van der Waals surface area contributed by atoms with E-state index in [2.05, 4.69) is 16.7 Å². The third-order valence-corrected chi connectivity index (χ3v) is 6.36. The summed E-state index contributed by atoms with van der Waals surface area (Å²) in [6, 6.07) is 14.5. The second-order valence-corrected chi connectivity index (χ2v) is 8.37. The summed E-state index contributed by atoms with van der Waals surface area (Å²) < 4.78 is 5.45. The van der Waals surface area contributed by atoms with Gasteiger partial charge in [-0.3, -0.25) is 9.59 Å². The molecule has 2 N–H and O–H groups in total. The fourth-order valence-corrected chi connectivity index (χ4v) is 4.33. The molecular formula is C22H19Cl2N3O3S. The third kappa shape index (κ3) is 5.73. The molecule has 2 aromatic carbocycles. The summed E-state index contributed by atoms with van der Waals surface area (Å²) in [7, 11) is 0. The lowest BCUT2D eigenvalue weighted by atomic mass is 9.87. The molecule has 0 saturated heterocycles. The van der Waals surface area contributed by atoms with Crippen molar-refractivity contribution in [2.24, 2.45) is 0 Å². The van der Waals surface area contributed by atoms with Crippen LogP contribution < -0.4 is 15.4 Å². The molecular weight excluding hydrogens is 457 g/mol. The van der Waals surface area contributed by atoms with Gasteiger partial charge >= 0.3 is 0 Å². The Labute approximate surface area is 194 Å². The van der Waals surface area contributed by atoms with Crippen LogP contribution >= 0.6 is 35.0 Å². The molecule has 160 valence electrons. The summed E-state index contributed by atoms with van der Waals surface area (Å²) in [5, 5.41) is 16.1. The lowest BCUT2D eigenvalue weighted by Gasteiger charge is -2.25. The fraction of sp³-hybridized carbons (Fsp3) is 0.227. The maximum Gasteiger partial charge on any atom is 0.234 e. The first-order valence-corrected chi connectivity index (χ1v) is 11.2. The molecule has 0 spiro atoms. The van der Waals surface area contributed by atoms with Crippen molar-refractivity contribution in [3.63, 3.8) is 0 Å². The number of nitrogens with zero attached hydrogens (tertiary/aromatic N) is 1. The Bertz CT molecular complexity index is 1060. The molecule has 0 unspecified atom stereocenters. The Hall–Kier alpha value is -2.66. The summed E-state index contributed by atoms with van der Waals surface area (Å²) in [5.41, 5.74) is 1.65. The average molecular weight is 476 g/mol. The number of carbonyl (C=O) groups is 2. The van der Waals surface area contributed by atoms with Crippen LogP contribution in [0.5, 0.6) is 5.75 Å².